The maximum Gasteiger partial charge on any atom is 0.337 e. The van der Waals surface area contributed by atoms with Gasteiger partial charge in [0.05, 0.1) is 22.8 Å². The summed E-state index contributed by atoms with van der Waals surface area (Å²) in [6.07, 6.45) is 2.06. The van der Waals surface area contributed by atoms with Crippen LogP contribution in [-0.4, -0.2) is 41.5 Å². The minimum atomic E-state index is -2.98. The topological polar surface area (TPSA) is 96.4 Å². The molecular weight excluding hydrogens is 268 g/mol. The Hall–Kier alpha value is -1.47. The average molecular weight is 284 g/mol. The molecule has 1 fully saturated rings. The largest absolute Gasteiger partial charge is 0.478 e. The number of carboxylic acid groups (broad SMARTS) is 1. The van der Waals surface area contributed by atoms with Gasteiger partial charge in [-0.3, -0.25) is 4.98 Å². The van der Waals surface area contributed by atoms with Crippen molar-refractivity contribution < 1.29 is 18.3 Å². The SMILES string of the molecule is CC1(NCc2ncccc2C(=O)O)CCS(=O)(=O)C1. The van der Waals surface area contributed by atoms with Crippen molar-refractivity contribution in [2.75, 3.05) is 11.5 Å². The molecule has 0 radical (unpaired) electrons. The van der Waals surface area contributed by atoms with Gasteiger partial charge in [0.2, 0.25) is 0 Å². The molecule has 7 heteroatoms. The van der Waals surface area contributed by atoms with Gasteiger partial charge in [-0.15, -0.1) is 0 Å². The van der Waals surface area contributed by atoms with E-state index in [-0.39, 0.29) is 23.6 Å². The Morgan fingerprint density at radius 1 is 1.58 bits per heavy atom. The lowest BCUT2D eigenvalue weighted by Crippen LogP contribution is -2.43. The van der Waals surface area contributed by atoms with Crippen LogP contribution in [0, 0.1) is 0 Å². The zero-order chi connectivity index (χ0) is 14.1. The van der Waals surface area contributed by atoms with Gasteiger partial charge in [-0.2, -0.15) is 0 Å². The highest BCUT2D eigenvalue weighted by molar-refractivity contribution is 7.91. The van der Waals surface area contributed by atoms with E-state index in [4.69, 9.17) is 5.11 Å². The molecule has 104 valence electrons. The Labute approximate surface area is 111 Å². The molecule has 1 unspecified atom stereocenters. The predicted octanol–water partition coefficient (Wildman–Crippen LogP) is 0.447. The fraction of sp³-hybridized carbons (Fsp3) is 0.500. The first-order valence-electron chi connectivity index (χ1n) is 5.94. The molecule has 1 aliphatic rings. The molecule has 1 aromatic heterocycles. The average Bonchev–Trinajstić information content (AvgIpc) is 2.62. The number of sulfone groups is 1. The van der Waals surface area contributed by atoms with Crippen molar-refractivity contribution in [3.8, 4) is 0 Å². The monoisotopic (exact) mass is 284 g/mol. The van der Waals surface area contributed by atoms with Crippen LogP contribution in [0.3, 0.4) is 0 Å². The van der Waals surface area contributed by atoms with Gasteiger partial charge < -0.3 is 10.4 Å². The molecule has 0 spiro atoms. The second-order valence-corrected chi connectivity index (χ2v) is 7.24. The third kappa shape index (κ3) is 3.30. The number of hydrogen-bond donors (Lipinski definition) is 2. The number of nitrogens with zero attached hydrogens (tertiary/aromatic N) is 1. The van der Waals surface area contributed by atoms with Gasteiger partial charge in [-0.05, 0) is 25.5 Å². The van der Waals surface area contributed by atoms with Gasteiger partial charge in [-0.25, -0.2) is 13.2 Å². The highest BCUT2D eigenvalue weighted by Gasteiger charge is 2.38. The van der Waals surface area contributed by atoms with E-state index in [1.54, 1.807) is 6.07 Å². The second-order valence-electron chi connectivity index (χ2n) is 5.06. The van der Waals surface area contributed by atoms with Crippen molar-refractivity contribution in [2.24, 2.45) is 0 Å². The van der Waals surface area contributed by atoms with Crippen LogP contribution in [0.2, 0.25) is 0 Å². The molecular formula is C12H16N2O4S. The molecule has 0 amide bonds. The Morgan fingerprint density at radius 2 is 2.32 bits per heavy atom. The van der Waals surface area contributed by atoms with Crippen molar-refractivity contribution in [2.45, 2.75) is 25.4 Å². The maximum absolute atomic E-state index is 11.5. The quantitative estimate of drug-likeness (QED) is 0.833. The Bertz CT molecular complexity index is 600. The highest BCUT2D eigenvalue weighted by Crippen LogP contribution is 2.23. The van der Waals surface area contributed by atoms with E-state index >= 15 is 0 Å². The molecule has 19 heavy (non-hydrogen) atoms. The van der Waals surface area contributed by atoms with Gasteiger partial charge >= 0.3 is 5.97 Å². The lowest BCUT2D eigenvalue weighted by Gasteiger charge is -2.24. The summed E-state index contributed by atoms with van der Waals surface area (Å²) in [5, 5.41) is 12.2. The molecule has 2 rings (SSSR count). The summed E-state index contributed by atoms with van der Waals surface area (Å²) >= 11 is 0. The minimum Gasteiger partial charge on any atom is -0.478 e. The Balaban J connectivity index is 2.10. The van der Waals surface area contributed by atoms with Gasteiger partial charge in [0.15, 0.2) is 9.84 Å². The minimum absolute atomic E-state index is 0.0786. The summed E-state index contributed by atoms with van der Waals surface area (Å²) in [5.41, 5.74) is 0.0477. The smallest absolute Gasteiger partial charge is 0.337 e. The first kappa shape index (κ1) is 14.0. The van der Waals surface area contributed by atoms with Crippen LogP contribution < -0.4 is 5.32 Å². The zero-order valence-corrected chi connectivity index (χ0v) is 11.4. The summed E-state index contributed by atoms with van der Waals surface area (Å²) in [5.74, 6) is -0.783. The van der Waals surface area contributed by atoms with Crippen molar-refractivity contribution in [1.82, 2.24) is 10.3 Å². The molecule has 1 aliphatic heterocycles. The van der Waals surface area contributed by atoms with E-state index in [0.29, 0.717) is 12.1 Å². The molecule has 6 nitrogen and oxygen atoms in total. The van der Waals surface area contributed by atoms with Crippen molar-refractivity contribution in [1.29, 1.82) is 0 Å². The van der Waals surface area contributed by atoms with Crippen LogP contribution in [-0.2, 0) is 16.4 Å². The molecule has 0 saturated carbocycles. The predicted molar refractivity (Wildman–Crippen MR) is 69.7 cm³/mol. The van der Waals surface area contributed by atoms with Crippen LogP contribution in [0.25, 0.3) is 0 Å². The third-order valence-electron chi connectivity index (χ3n) is 3.31. The van der Waals surface area contributed by atoms with Gasteiger partial charge in [0.25, 0.3) is 0 Å². The molecule has 1 atom stereocenters. The summed E-state index contributed by atoms with van der Waals surface area (Å²) < 4.78 is 23.0. The number of rotatable bonds is 4. The Morgan fingerprint density at radius 3 is 2.89 bits per heavy atom. The van der Waals surface area contributed by atoms with E-state index in [0.717, 1.165) is 0 Å². The summed E-state index contributed by atoms with van der Waals surface area (Å²) in [6, 6.07) is 3.05. The first-order valence-corrected chi connectivity index (χ1v) is 7.76. The van der Waals surface area contributed by atoms with E-state index < -0.39 is 21.3 Å². The van der Waals surface area contributed by atoms with Gasteiger partial charge in [-0.1, -0.05) is 0 Å². The normalized spacial score (nSPS) is 25.3. The van der Waals surface area contributed by atoms with Crippen molar-refractivity contribution in [3.63, 3.8) is 0 Å². The fourth-order valence-electron chi connectivity index (χ4n) is 2.22. The van der Waals surface area contributed by atoms with Crippen LogP contribution in [0.5, 0.6) is 0 Å². The summed E-state index contributed by atoms with van der Waals surface area (Å²) in [4.78, 5) is 15.1. The van der Waals surface area contributed by atoms with Crippen molar-refractivity contribution >= 4 is 15.8 Å². The number of hydrogen-bond acceptors (Lipinski definition) is 5. The third-order valence-corrected chi connectivity index (χ3v) is 5.21. The molecule has 0 bridgehead atoms. The number of carboxylic acids is 1. The number of pyridine rings is 1. The maximum atomic E-state index is 11.5. The second kappa shape index (κ2) is 4.90. The van der Waals surface area contributed by atoms with E-state index in [2.05, 4.69) is 10.3 Å². The number of aromatic nitrogens is 1. The molecule has 1 saturated heterocycles. The number of aromatic carboxylic acids is 1. The molecule has 1 aromatic rings. The lowest BCUT2D eigenvalue weighted by atomic mass is 10.0. The Kier molecular flexibility index (Phi) is 3.60. The zero-order valence-electron chi connectivity index (χ0n) is 10.6. The van der Waals surface area contributed by atoms with Crippen LogP contribution in [0.4, 0.5) is 0 Å². The summed E-state index contributed by atoms with van der Waals surface area (Å²) in [6.45, 7) is 2.08. The molecule has 0 aliphatic carbocycles. The first-order chi connectivity index (χ1) is 8.81. The van der Waals surface area contributed by atoms with Crippen LogP contribution in [0.1, 0.15) is 29.4 Å². The van der Waals surface area contributed by atoms with Crippen molar-refractivity contribution in [3.05, 3.63) is 29.6 Å². The van der Waals surface area contributed by atoms with Crippen LogP contribution in [0.15, 0.2) is 18.3 Å². The van der Waals surface area contributed by atoms with Gasteiger partial charge in [0, 0.05) is 18.3 Å². The molecule has 0 aromatic carbocycles. The lowest BCUT2D eigenvalue weighted by molar-refractivity contribution is 0.0694. The number of nitrogens with one attached hydrogen (secondary N) is 1. The van der Waals surface area contributed by atoms with Crippen LogP contribution >= 0.6 is 0 Å². The molecule has 2 N–H and O–H groups in total. The number of carbonyl (C=O) groups is 1. The van der Waals surface area contributed by atoms with E-state index in [9.17, 15) is 13.2 Å². The fourth-order valence-corrected chi connectivity index (χ4v) is 4.34. The molecule has 2 heterocycles. The van der Waals surface area contributed by atoms with E-state index in [1.165, 1.54) is 12.3 Å². The van der Waals surface area contributed by atoms with Gasteiger partial charge in [0.1, 0.15) is 0 Å². The van der Waals surface area contributed by atoms with E-state index in [1.807, 2.05) is 6.92 Å². The highest BCUT2D eigenvalue weighted by atomic mass is 32.2. The standard InChI is InChI=1S/C12H16N2O4S/c1-12(4-6-19(17,18)8-12)14-7-10-9(11(15)16)3-2-5-13-10/h2-3,5,14H,4,6-8H2,1H3,(H,15,16). The summed E-state index contributed by atoms with van der Waals surface area (Å²) in [7, 11) is -2.98.